The lowest BCUT2D eigenvalue weighted by Crippen LogP contribution is -2.08. The summed E-state index contributed by atoms with van der Waals surface area (Å²) in [6.07, 6.45) is -4.55. The lowest BCUT2D eigenvalue weighted by Gasteiger charge is -2.08. The van der Waals surface area contributed by atoms with Gasteiger partial charge in [-0.05, 0) is 42.3 Å². The Labute approximate surface area is 119 Å². The van der Waals surface area contributed by atoms with Gasteiger partial charge in [0, 0.05) is 6.42 Å². The Balaban J connectivity index is 2.16. The molecule has 0 aliphatic rings. The Morgan fingerprint density at radius 2 is 1.67 bits per heavy atom. The fourth-order valence-corrected chi connectivity index (χ4v) is 1.94. The van der Waals surface area contributed by atoms with E-state index >= 15 is 0 Å². The monoisotopic (exact) mass is 296 g/mol. The van der Waals surface area contributed by atoms with Crippen molar-refractivity contribution in [3.8, 4) is 0 Å². The van der Waals surface area contributed by atoms with Gasteiger partial charge in [-0.1, -0.05) is 18.2 Å². The minimum absolute atomic E-state index is 0.0551. The van der Waals surface area contributed by atoms with Crippen molar-refractivity contribution in [1.29, 1.82) is 0 Å². The molecule has 2 rings (SSSR count). The molecule has 0 bridgehead atoms. The molecule has 0 atom stereocenters. The smallest absolute Gasteiger partial charge is 0.294 e. The average Bonchev–Trinajstić information content (AvgIpc) is 2.38. The first-order valence-corrected chi connectivity index (χ1v) is 6.23. The third kappa shape index (κ3) is 3.68. The van der Waals surface area contributed by atoms with E-state index in [0.717, 1.165) is 12.1 Å². The summed E-state index contributed by atoms with van der Waals surface area (Å²) in [7, 11) is 0. The Morgan fingerprint density at radius 1 is 1.05 bits per heavy atom. The number of carbonyl (C=O) groups excluding carboxylic acids is 1. The van der Waals surface area contributed by atoms with Gasteiger partial charge < -0.3 is 0 Å². The van der Waals surface area contributed by atoms with Gasteiger partial charge in [-0.25, -0.2) is 4.39 Å². The highest BCUT2D eigenvalue weighted by molar-refractivity contribution is 5.97. The highest BCUT2D eigenvalue weighted by atomic mass is 19.4. The van der Waals surface area contributed by atoms with E-state index in [0.29, 0.717) is 11.1 Å². The van der Waals surface area contributed by atoms with E-state index in [4.69, 9.17) is 0 Å². The molecule has 0 saturated carbocycles. The summed E-state index contributed by atoms with van der Waals surface area (Å²) in [4.78, 5) is 12.0. The number of rotatable bonds is 3. The van der Waals surface area contributed by atoms with Crippen LogP contribution >= 0.6 is 0 Å². The second kappa shape index (κ2) is 5.68. The number of aryl methyl sites for hydroxylation is 1. The first-order valence-electron chi connectivity index (χ1n) is 6.23. The van der Waals surface area contributed by atoms with Crippen LogP contribution in [0.15, 0.2) is 42.5 Å². The highest BCUT2D eigenvalue weighted by Gasteiger charge is 2.30. The molecule has 0 aromatic heterocycles. The Kier molecular flexibility index (Phi) is 4.11. The molecule has 0 heterocycles. The molecule has 2 aromatic carbocycles. The van der Waals surface area contributed by atoms with E-state index in [1.807, 2.05) is 0 Å². The molecule has 0 amide bonds. The quantitative estimate of drug-likeness (QED) is 0.598. The zero-order chi connectivity index (χ0) is 15.6. The topological polar surface area (TPSA) is 17.1 Å². The Bertz CT molecular complexity index is 657. The van der Waals surface area contributed by atoms with E-state index in [2.05, 4.69) is 0 Å². The number of carbonyl (C=O) groups is 1. The number of hydrogen-bond donors (Lipinski definition) is 0. The summed E-state index contributed by atoms with van der Waals surface area (Å²) in [6, 6.07) is 8.53. The standard InChI is InChI=1S/C16H12F4O/c1-10-2-7-13(14(17)8-10)15(21)9-11-3-5-12(6-4-11)16(18,19)20/h2-8H,9H2,1H3. The molecule has 110 valence electrons. The maximum absolute atomic E-state index is 13.7. The van der Waals surface area contributed by atoms with Gasteiger partial charge in [0.2, 0.25) is 0 Å². The molecule has 0 aliphatic carbocycles. The lowest BCUT2D eigenvalue weighted by atomic mass is 10.0. The molecule has 0 radical (unpaired) electrons. The number of ketones is 1. The third-order valence-corrected chi connectivity index (χ3v) is 3.07. The molecule has 21 heavy (non-hydrogen) atoms. The molecule has 5 heteroatoms. The third-order valence-electron chi connectivity index (χ3n) is 3.07. The van der Waals surface area contributed by atoms with Gasteiger partial charge >= 0.3 is 6.18 Å². The van der Waals surface area contributed by atoms with Gasteiger partial charge in [-0.15, -0.1) is 0 Å². The van der Waals surface area contributed by atoms with Gasteiger partial charge in [-0.2, -0.15) is 13.2 Å². The minimum atomic E-state index is -4.41. The number of halogens is 4. The van der Waals surface area contributed by atoms with E-state index in [9.17, 15) is 22.4 Å². The summed E-state index contributed by atoms with van der Waals surface area (Å²) in [5, 5.41) is 0. The molecule has 2 aromatic rings. The van der Waals surface area contributed by atoms with Gasteiger partial charge in [0.25, 0.3) is 0 Å². The molecule has 1 nitrogen and oxygen atoms in total. The SMILES string of the molecule is Cc1ccc(C(=O)Cc2ccc(C(F)(F)F)cc2)c(F)c1. The van der Waals surface area contributed by atoms with Crippen molar-refractivity contribution in [2.24, 2.45) is 0 Å². The lowest BCUT2D eigenvalue weighted by molar-refractivity contribution is -0.137. The van der Waals surface area contributed by atoms with E-state index < -0.39 is 23.3 Å². The van der Waals surface area contributed by atoms with Crippen LogP contribution in [-0.4, -0.2) is 5.78 Å². The van der Waals surface area contributed by atoms with Crippen molar-refractivity contribution in [1.82, 2.24) is 0 Å². The second-order valence-electron chi connectivity index (χ2n) is 4.78. The van der Waals surface area contributed by atoms with Crippen LogP contribution in [0.1, 0.15) is 27.0 Å². The maximum atomic E-state index is 13.7. The van der Waals surface area contributed by atoms with Crippen LogP contribution in [0.25, 0.3) is 0 Å². The Morgan fingerprint density at radius 3 is 2.19 bits per heavy atom. The number of benzene rings is 2. The maximum Gasteiger partial charge on any atom is 0.416 e. The van der Waals surface area contributed by atoms with Crippen LogP contribution in [0.3, 0.4) is 0 Å². The summed E-state index contributed by atoms with van der Waals surface area (Å²) in [5.41, 5.74) is 0.271. The van der Waals surface area contributed by atoms with Crippen LogP contribution in [0.4, 0.5) is 17.6 Å². The van der Waals surface area contributed by atoms with Crippen LogP contribution in [0, 0.1) is 12.7 Å². The second-order valence-corrected chi connectivity index (χ2v) is 4.78. The van der Waals surface area contributed by atoms with Gasteiger partial charge in [-0.3, -0.25) is 4.79 Å². The fourth-order valence-electron chi connectivity index (χ4n) is 1.94. The summed E-state index contributed by atoms with van der Waals surface area (Å²) < 4.78 is 50.9. The predicted octanol–water partition coefficient (Wildman–Crippen LogP) is 4.58. The average molecular weight is 296 g/mol. The zero-order valence-corrected chi connectivity index (χ0v) is 11.2. The van der Waals surface area contributed by atoms with Crippen molar-refractivity contribution < 1.29 is 22.4 Å². The van der Waals surface area contributed by atoms with Crippen LogP contribution < -0.4 is 0 Å². The number of alkyl halides is 3. The summed E-state index contributed by atoms with van der Waals surface area (Å²) >= 11 is 0. The normalized spacial score (nSPS) is 11.5. The highest BCUT2D eigenvalue weighted by Crippen LogP contribution is 2.29. The predicted molar refractivity (Wildman–Crippen MR) is 70.6 cm³/mol. The molecule has 0 aliphatic heterocycles. The first-order chi connectivity index (χ1) is 9.77. The van der Waals surface area contributed by atoms with Crippen molar-refractivity contribution in [3.05, 3.63) is 70.5 Å². The molecule has 0 unspecified atom stereocenters. The van der Waals surface area contributed by atoms with Gasteiger partial charge in [0.15, 0.2) is 5.78 Å². The number of Topliss-reactive ketones (excluding diaryl/α,β-unsaturated/α-hetero) is 1. The minimum Gasteiger partial charge on any atom is -0.294 e. The van der Waals surface area contributed by atoms with Crippen molar-refractivity contribution in [2.75, 3.05) is 0 Å². The first kappa shape index (κ1) is 15.2. The van der Waals surface area contributed by atoms with Crippen LogP contribution in [0.2, 0.25) is 0 Å². The molecule has 0 saturated heterocycles. The van der Waals surface area contributed by atoms with Crippen molar-refractivity contribution >= 4 is 5.78 Å². The van der Waals surface area contributed by atoms with Crippen LogP contribution in [0.5, 0.6) is 0 Å². The van der Waals surface area contributed by atoms with Gasteiger partial charge in [0.1, 0.15) is 5.82 Å². The molecule has 0 N–H and O–H groups in total. The van der Waals surface area contributed by atoms with Crippen LogP contribution in [-0.2, 0) is 12.6 Å². The zero-order valence-electron chi connectivity index (χ0n) is 11.2. The van der Waals surface area contributed by atoms with E-state index in [1.165, 1.54) is 24.3 Å². The molecular weight excluding hydrogens is 284 g/mol. The molecule has 0 spiro atoms. The molecular formula is C16H12F4O. The summed E-state index contributed by atoms with van der Waals surface area (Å²) in [5.74, 6) is -1.08. The fraction of sp³-hybridized carbons (Fsp3) is 0.188. The van der Waals surface area contributed by atoms with Gasteiger partial charge in [0.05, 0.1) is 11.1 Å². The van der Waals surface area contributed by atoms with E-state index in [-0.39, 0.29) is 12.0 Å². The van der Waals surface area contributed by atoms with E-state index in [1.54, 1.807) is 13.0 Å². The largest absolute Gasteiger partial charge is 0.416 e. The summed E-state index contributed by atoms with van der Waals surface area (Å²) in [6.45, 7) is 1.70. The Hall–Kier alpha value is -2.17. The molecule has 0 fully saturated rings. The number of hydrogen-bond acceptors (Lipinski definition) is 1. The van der Waals surface area contributed by atoms with Crippen molar-refractivity contribution in [3.63, 3.8) is 0 Å². The van der Waals surface area contributed by atoms with Crippen molar-refractivity contribution in [2.45, 2.75) is 19.5 Å².